The molecule has 0 heterocycles. The van der Waals surface area contributed by atoms with Crippen molar-refractivity contribution in [2.24, 2.45) is 0 Å². The Morgan fingerprint density at radius 3 is 1.98 bits per heavy atom. The lowest BCUT2D eigenvalue weighted by Crippen LogP contribution is -2.39. The molecular weight excluding hydrogens is 546 g/mol. The van der Waals surface area contributed by atoms with Crippen molar-refractivity contribution in [1.29, 1.82) is 0 Å². The SMILES string of the molecule is CCCN(CCC)C(=O)c1cccc(C(=O)NC(Cc2ccccc2)CC(C(=O)Nc2ccc(C)cc2)c2ccccc2)c1. The summed E-state index contributed by atoms with van der Waals surface area (Å²) in [5.74, 6) is -0.979. The van der Waals surface area contributed by atoms with Gasteiger partial charge in [0.2, 0.25) is 5.91 Å². The van der Waals surface area contributed by atoms with E-state index < -0.39 is 5.92 Å². The maximum absolute atomic E-state index is 13.8. The number of nitrogens with one attached hydrogen (secondary N) is 2. The predicted molar refractivity (Wildman–Crippen MR) is 178 cm³/mol. The fraction of sp³-hybridized carbons (Fsp3) is 0.289. The van der Waals surface area contributed by atoms with Crippen LogP contribution in [-0.2, 0) is 11.2 Å². The average Bonchev–Trinajstić information content (AvgIpc) is 3.05. The molecule has 0 aliphatic carbocycles. The molecule has 0 aliphatic rings. The van der Waals surface area contributed by atoms with Crippen LogP contribution in [0.4, 0.5) is 5.69 Å². The Kier molecular flexibility index (Phi) is 11.9. The summed E-state index contributed by atoms with van der Waals surface area (Å²) in [6.07, 6.45) is 2.68. The predicted octanol–water partition coefficient (Wildman–Crippen LogP) is 7.41. The molecule has 4 rings (SSSR count). The Morgan fingerprint density at radius 2 is 1.34 bits per heavy atom. The molecule has 4 aromatic carbocycles. The first-order chi connectivity index (χ1) is 21.4. The van der Waals surface area contributed by atoms with Gasteiger partial charge in [-0.15, -0.1) is 0 Å². The topological polar surface area (TPSA) is 78.5 Å². The van der Waals surface area contributed by atoms with E-state index in [1.54, 1.807) is 24.3 Å². The molecule has 2 N–H and O–H groups in total. The van der Waals surface area contributed by atoms with Crippen LogP contribution in [0.2, 0.25) is 0 Å². The smallest absolute Gasteiger partial charge is 0.253 e. The fourth-order valence-corrected chi connectivity index (χ4v) is 5.42. The van der Waals surface area contributed by atoms with E-state index in [2.05, 4.69) is 24.5 Å². The highest BCUT2D eigenvalue weighted by Gasteiger charge is 2.27. The molecule has 0 radical (unpaired) electrons. The van der Waals surface area contributed by atoms with E-state index in [1.807, 2.05) is 96.8 Å². The third kappa shape index (κ3) is 9.14. The maximum Gasteiger partial charge on any atom is 0.253 e. The first-order valence-corrected chi connectivity index (χ1v) is 15.5. The van der Waals surface area contributed by atoms with Gasteiger partial charge in [0.1, 0.15) is 0 Å². The van der Waals surface area contributed by atoms with Crippen molar-refractivity contribution in [3.8, 4) is 0 Å². The number of hydrogen-bond acceptors (Lipinski definition) is 3. The molecule has 0 bridgehead atoms. The number of carbonyl (C=O) groups is 3. The van der Waals surface area contributed by atoms with Crippen molar-refractivity contribution >= 4 is 23.4 Å². The molecule has 0 saturated carbocycles. The third-order valence-corrected chi connectivity index (χ3v) is 7.66. The van der Waals surface area contributed by atoms with Gasteiger partial charge in [-0.3, -0.25) is 14.4 Å². The Balaban J connectivity index is 1.60. The Bertz CT molecular complexity index is 1500. The summed E-state index contributed by atoms with van der Waals surface area (Å²) in [5.41, 5.74) is 4.70. The zero-order chi connectivity index (χ0) is 31.3. The van der Waals surface area contributed by atoms with Gasteiger partial charge in [-0.25, -0.2) is 0 Å². The van der Waals surface area contributed by atoms with Crippen LogP contribution >= 0.6 is 0 Å². The first-order valence-electron chi connectivity index (χ1n) is 15.5. The number of amides is 3. The van der Waals surface area contributed by atoms with Gasteiger partial charge >= 0.3 is 0 Å². The second-order valence-electron chi connectivity index (χ2n) is 11.3. The highest BCUT2D eigenvalue weighted by molar-refractivity contribution is 6.00. The van der Waals surface area contributed by atoms with Crippen LogP contribution in [0.5, 0.6) is 0 Å². The van der Waals surface area contributed by atoms with Crippen LogP contribution in [0.15, 0.2) is 109 Å². The fourth-order valence-electron chi connectivity index (χ4n) is 5.42. The number of rotatable bonds is 14. The van der Waals surface area contributed by atoms with Gasteiger partial charge in [0.05, 0.1) is 5.92 Å². The van der Waals surface area contributed by atoms with E-state index in [0.29, 0.717) is 37.1 Å². The van der Waals surface area contributed by atoms with Crippen molar-refractivity contribution in [3.63, 3.8) is 0 Å². The third-order valence-electron chi connectivity index (χ3n) is 7.66. The van der Waals surface area contributed by atoms with Crippen LogP contribution < -0.4 is 10.6 Å². The Hall–Kier alpha value is -4.71. The van der Waals surface area contributed by atoms with Crippen LogP contribution in [0.3, 0.4) is 0 Å². The summed E-state index contributed by atoms with van der Waals surface area (Å²) >= 11 is 0. The van der Waals surface area contributed by atoms with Crippen molar-refractivity contribution in [2.75, 3.05) is 18.4 Å². The minimum absolute atomic E-state index is 0.0684. The lowest BCUT2D eigenvalue weighted by atomic mass is 9.88. The van der Waals surface area contributed by atoms with Gasteiger partial charge in [0, 0.05) is 35.9 Å². The number of nitrogens with zero attached hydrogens (tertiary/aromatic N) is 1. The van der Waals surface area contributed by atoms with E-state index >= 15 is 0 Å². The standard InChI is InChI=1S/C38H43N3O3/c1-4-23-41(24-5-2)38(44)32-18-12-17-31(26-32)36(42)40-34(25-29-13-8-6-9-14-29)27-35(30-15-10-7-11-16-30)37(43)39-33-21-19-28(3)20-22-33/h6-22,26,34-35H,4-5,23-25,27H2,1-3H3,(H,39,43)(H,40,42). The van der Waals surface area contributed by atoms with Gasteiger partial charge in [0.15, 0.2) is 0 Å². The van der Waals surface area contributed by atoms with Crippen LogP contribution in [0, 0.1) is 6.92 Å². The molecule has 2 unspecified atom stereocenters. The average molecular weight is 590 g/mol. The number of benzene rings is 4. The highest BCUT2D eigenvalue weighted by atomic mass is 16.2. The molecular formula is C38H43N3O3. The summed E-state index contributed by atoms with van der Waals surface area (Å²) in [6.45, 7) is 7.46. The Morgan fingerprint density at radius 1 is 0.727 bits per heavy atom. The molecule has 0 saturated heterocycles. The van der Waals surface area contributed by atoms with Gasteiger partial charge in [-0.2, -0.15) is 0 Å². The normalized spacial score (nSPS) is 12.2. The minimum Gasteiger partial charge on any atom is -0.349 e. The summed E-state index contributed by atoms with van der Waals surface area (Å²) in [7, 11) is 0. The zero-order valence-corrected chi connectivity index (χ0v) is 26.0. The van der Waals surface area contributed by atoms with Gasteiger partial charge < -0.3 is 15.5 Å². The van der Waals surface area contributed by atoms with Crippen molar-refractivity contribution in [1.82, 2.24) is 10.2 Å². The van der Waals surface area contributed by atoms with Crippen LogP contribution in [0.25, 0.3) is 0 Å². The summed E-state index contributed by atoms with van der Waals surface area (Å²) in [4.78, 5) is 42.6. The summed E-state index contributed by atoms with van der Waals surface area (Å²) in [5, 5.41) is 6.29. The quantitative estimate of drug-likeness (QED) is 0.161. The van der Waals surface area contributed by atoms with E-state index in [9.17, 15) is 14.4 Å². The lowest BCUT2D eigenvalue weighted by molar-refractivity contribution is -0.117. The van der Waals surface area contributed by atoms with Gasteiger partial charge in [-0.1, -0.05) is 98.3 Å². The van der Waals surface area contributed by atoms with Crippen molar-refractivity contribution < 1.29 is 14.4 Å². The first kappa shape index (κ1) is 32.2. The monoisotopic (exact) mass is 589 g/mol. The van der Waals surface area contributed by atoms with E-state index in [0.717, 1.165) is 35.2 Å². The number of carbonyl (C=O) groups excluding carboxylic acids is 3. The molecule has 0 aromatic heterocycles. The molecule has 0 fully saturated rings. The molecule has 0 spiro atoms. The molecule has 6 heteroatoms. The summed E-state index contributed by atoms with van der Waals surface area (Å²) in [6, 6.07) is 33.9. The lowest BCUT2D eigenvalue weighted by Gasteiger charge is -2.25. The van der Waals surface area contributed by atoms with E-state index in [1.165, 1.54) is 0 Å². The van der Waals surface area contributed by atoms with Gasteiger partial charge in [-0.05, 0) is 74.1 Å². The van der Waals surface area contributed by atoms with Gasteiger partial charge in [0.25, 0.3) is 11.8 Å². The van der Waals surface area contributed by atoms with E-state index in [-0.39, 0.29) is 23.8 Å². The maximum atomic E-state index is 13.8. The molecule has 0 aliphatic heterocycles. The summed E-state index contributed by atoms with van der Waals surface area (Å²) < 4.78 is 0. The second-order valence-corrected chi connectivity index (χ2v) is 11.3. The number of aryl methyl sites for hydroxylation is 1. The highest BCUT2D eigenvalue weighted by Crippen LogP contribution is 2.26. The molecule has 44 heavy (non-hydrogen) atoms. The molecule has 6 nitrogen and oxygen atoms in total. The molecule has 228 valence electrons. The number of anilines is 1. The van der Waals surface area contributed by atoms with Crippen LogP contribution in [-0.4, -0.2) is 41.8 Å². The second kappa shape index (κ2) is 16.2. The van der Waals surface area contributed by atoms with Crippen molar-refractivity contribution in [2.45, 2.75) is 58.4 Å². The van der Waals surface area contributed by atoms with Crippen molar-refractivity contribution in [3.05, 3.63) is 137 Å². The largest absolute Gasteiger partial charge is 0.349 e. The van der Waals surface area contributed by atoms with E-state index in [4.69, 9.17) is 0 Å². The molecule has 3 amide bonds. The minimum atomic E-state index is -0.504. The van der Waals surface area contributed by atoms with Crippen LogP contribution in [0.1, 0.15) is 76.4 Å². The Labute approximate surface area is 261 Å². The zero-order valence-electron chi connectivity index (χ0n) is 26.0. The molecule has 4 aromatic rings. The number of hydrogen-bond donors (Lipinski definition) is 2. The molecule has 2 atom stereocenters.